The second kappa shape index (κ2) is 13.6. The van der Waals surface area contributed by atoms with E-state index in [1.807, 2.05) is 6.92 Å². The third-order valence-electron chi connectivity index (χ3n) is 7.99. The molecule has 240 valence electrons. The van der Waals surface area contributed by atoms with Crippen LogP contribution in [0.3, 0.4) is 0 Å². The van der Waals surface area contributed by atoms with E-state index in [0.717, 1.165) is 16.5 Å². The molecule has 2 aliphatic heterocycles. The van der Waals surface area contributed by atoms with Crippen molar-refractivity contribution in [3.05, 3.63) is 56.9 Å². The van der Waals surface area contributed by atoms with Gasteiger partial charge >= 0.3 is 18.1 Å². The number of aryl methyl sites for hydroxylation is 1. The Labute approximate surface area is 259 Å². The number of urea groups is 1. The minimum Gasteiger partial charge on any atom is -0.458 e. The standard InChI is InChI=1S/C31H37N5O9/c1-4-19-20-14-18(45-30(40)34-9-11-43-13-12-42-10-8-33-29(39)32-3)6-7-24(20)35-26-21(19)16-36-25(26)15-23-22(27(36)37)17-44-28(38)31(23,41)5-2/h6-7,14-15,41H,4-5,8-13,16-17H2,1-3H3,(H,34,40)(H2,32,33,39)/t31-/m1/s1. The van der Waals surface area contributed by atoms with Crippen LogP contribution in [0.1, 0.15) is 42.5 Å². The van der Waals surface area contributed by atoms with Crippen LogP contribution >= 0.6 is 0 Å². The molecule has 1 atom stereocenters. The fraction of sp³-hybridized carbons (Fsp3) is 0.452. The maximum atomic E-state index is 13.5. The predicted octanol–water partition coefficient (Wildman–Crippen LogP) is 1.69. The molecular formula is C31H37N5O9. The van der Waals surface area contributed by atoms with Gasteiger partial charge in [-0.25, -0.2) is 19.4 Å². The minimum absolute atomic E-state index is 0.0683. The molecule has 5 rings (SSSR count). The average Bonchev–Trinajstić information content (AvgIpc) is 3.41. The molecule has 14 heteroatoms. The van der Waals surface area contributed by atoms with Crippen molar-refractivity contribution in [1.82, 2.24) is 25.5 Å². The number of nitrogens with zero attached hydrogens (tertiary/aromatic N) is 2. The second-order valence-corrected chi connectivity index (χ2v) is 10.6. The van der Waals surface area contributed by atoms with E-state index in [4.69, 9.17) is 23.9 Å². The average molecular weight is 624 g/mol. The van der Waals surface area contributed by atoms with Gasteiger partial charge in [-0.15, -0.1) is 0 Å². The molecule has 3 aromatic rings. The summed E-state index contributed by atoms with van der Waals surface area (Å²) in [7, 11) is 1.54. The van der Waals surface area contributed by atoms with Crippen molar-refractivity contribution in [3.8, 4) is 17.1 Å². The number of hydrogen-bond donors (Lipinski definition) is 4. The summed E-state index contributed by atoms with van der Waals surface area (Å²) in [5.41, 5.74) is 1.96. The number of benzene rings is 1. The molecule has 0 fully saturated rings. The number of rotatable bonds is 12. The summed E-state index contributed by atoms with van der Waals surface area (Å²) in [5.74, 6) is -0.428. The highest BCUT2D eigenvalue weighted by molar-refractivity contribution is 5.90. The van der Waals surface area contributed by atoms with Crippen LogP contribution in [0.2, 0.25) is 0 Å². The Balaban J connectivity index is 1.23. The molecule has 4 heterocycles. The maximum Gasteiger partial charge on any atom is 0.412 e. The van der Waals surface area contributed by atoms with Gasteiger partial charge in [0.2, 0.25) is 0 Å². The van der Waals surface area contributed by atoms with E-state index in [1.165, 1.54) is 7.05 Å². The monoisotopic (exact) mass is 623 g/mol. The number of aromatic nitrogens is 2. The summed E-state index contributed by atoms with van der Waals surface area (Å²) in [6, 6.07) is 6.58. The number of carbonyl (C=O) groups is 3. The van der Waals surface area contributed by atoms with E-state index >= 15 is 0 Å². The summed E-state index contributed by atoms with van der Waals surface area (Å²) in [4.78, 5) is 54.3. The third kappa shape index (κ3) is 6.34. The first-order chi connectivity index (χ1) is 21.7. The number of aliphatic hydroxyl groups is 1. The van der Waals surface area contributed by atoms with Crippen LogP contribution < -0.4 is 26.2 Å². The number of fused-ring (bicyclic) bond motifs is 5. The molecule has 0 radical (unpaired) electrons. The van der Waals surface area contributed by atoms with Gasteiger partial charge in [0.15, 0.2) is 5.60 Å². The Kier molecular flexibility index (Phi) is 9.65. The summed E-state index contributed by atoms with van der Waals surface area (Å²) in [6.45, 7) is 5.70. The van der Waals surface area contributed by atoms with Crippen LogP contribution in [0.15, 0.2) is 29.1 Å². The molecule has 0 saturated heterocycles. The van der Waals surface area contributed by atoms with Crippen molar-refractivity contribution in [2.45, 2.75) is 45.4 Å². The van der Waals surface area contributed by atoms with Crippen LogP contribution in [-0.4, -0.2) is 79.3 Å². The number of carbonyl (C=O) groups excluding carboxylic acids is 3. The van der Waals surface area contributed by atoms with Gasteiger partial charge in [0.05, 0.1) is 55.4 Å². The first kappa shape index (κ1) is 31.9. The molecule has 45 heavy (non-hydrogen) atoms. The van der Waals surface area contributed by atoms with E-state index in [-0.39, 0.29) is 55.4 Å². The molecule has 0 spiro atoms. The fourth-order valence-corrected chi connectivity index (χ4v) is 5.62. The smallest absolute Gasteiger partial charge is 0.412 e. The van der Waals surface area contributed by atoms with Crippen molar-refractivity contribution in [2.75, 3.05) is 46.6 Å². The van der Waals surface area contributed by atoms with Gasteiger partial charge in [0.25, 0.3) is 5.56 Å². The first-order valence-electron chi connectivity index (χ1n) is 14.9. The highest BCUT2D eigenvalue weighted by atomic mass is 16.6. The lowest BCUT2D eigenvalue weighted by Crippen LogP contribution is -2.44. The molecule has 1 aromatic carbocycles. The summed E-state index contributed by atoms with van der Waals surface area (Å²) >= 11 is 0. The van der Waals surface area contributed by atoms with Crippen LogP contribution in [-0.2, 0) is 44.2 Å². The molecule has 0 saturated carbocycles. The minimum atomic E-state index is -1.89. The van der Waals surface area contributed by atoms with E-state index in [2.05, 4.69) is 16.0 Å². The Morgan fingerprint density at radius 1 is 1.04 bits per heavy atom. The number of pyridine rings is 2. The molecular weight excluding hydrogens is 586 g/mol. The number of amides is 3. The quantitative estimate of drug-likeness (QED) is 0.134. The SMILES string of the molecule is CCc1c2c(nc3ccc(OC(=O)NCCOCCOCCNC(=O)NC)cc13)-c1cc3c(c(=O)n1C2)COC(=O)[C@@]3(O)CC. The number of cyclic esters (lactones) is 1. The lowest BCUT2D eigenvalue weighted by Gasteiger charge is -2.31. The van der Waals surface area contributed by atoms with Gasteiger partial charge in [-0.2, -0.15) is 0 Å². The predicted molar refractivity (Wildman–Crippen MR) is 162 cm³/mol. The Hall–Kier alpha value is -4.53. The molecule has 14 nitrogen and oxygen atoms in total. The largest absolute Gasteiger partial charge is 0.458 e. The van der Waals surface area contributed by atoms with E-state index in [0.29, 0.717) is 55.4 Å². The van der Waals surface area contributed by atoms with Gasteiger partial charge < -0.3 is 44.6 Å². The van der Waals surface area contributed by atoms with Gasteiger partial charge in [0, 0.05) is 36.7 Å². The van der Waals surface area contributed by atoms with Crippen molar-refractivity contribution in [3.63, 3.8) is 0 Å². The molecule has 4 N–H and O–H groups in total. The van der Waals surface area contributed by atoms with Crippen LogP contribution in [0.25, 0.3) is 22.3 Å². The number of nitrogens with one attached hydrogen (secondary N) is 3. The summed E-state index contributed by atoms with van der Waals surface area (Å²) in [5, 5.41) is 19.6. The summed E-state index contributed by atoms with van der Waals surface area (Å²) in [6.07, 6.45) is 0.0659. The van der Waals surface area contributed by atoms with Gasteiger partial charge in [-0.05, 0) is 42.7 Å². The zero-order valence-electron chi connectivity index (χ0n) is 25.5. The molecule has 0 unspecified atom stereocenters. The number of ether oxygens (including phenoxy) is 4. The topological polar surface area (TPSA) is 179 Å². The number of esters is 1. The second-order valence-electron chi connectivity index (χ2n) is 10.6. The number of hydrogen-bond acceptors (Lipinski definition) is 10. The van der Waals surface area contributed by atoms with Gasteiger partial charge in [-0.1, -0.05) is 13.8 Å². The van der Waals surface area contributed by atoms with Crippen molar-refractivity contribution in [2.24, 2.45) is 0 Å². The normalized spacial score (nSPS) is 16.4. The van der Waals surface area contributed by atoms with Crippen molar-refractivity contribution >= 4 is 29.0 Å². The fourth-order valence-electron chi connectivity index (χ4n) is 5.62. The maximum absolute atomic E-state index is 13.5. The van der Waals surface area contributed by atoms with E-state index in [9.17, 15) is 24.3 Å². The molecule has 2 aliphatic rings. The molecule has 0 aliphatic carbocycles. The molecule has 0 bridgehead atoms. The third-order valence-corrected chi connectivity index (χ3v) is 7.99. The lowest BCUT2D eigenvalue weighted by molar-refractivity contribution is -0.172. The van der Waals surface area contributed by atoms with Crippen LogP contribution in [0.5, 0.6) is 5.75 Å². The van der Waals surface area contributed by atoms with Gasteiger partial charge in [-0.3, -0.25) is 4.79 Å². The van der Waals surface area contributed by atoms with Gasteiger partial charge in [0.1, 0.15) is 12.4 Å². The van der Waals surface area contributed by atoms with Crippen LogP contribution in [0.4, 0.5) is 9.59 Å². The lowest BCUT2D eigenvalue weighted by atomic mass is 9.86. The summed E-state index contributed by atoms with van der Waals surface area (Å²) < 4.78 is 23.1. The zero-order chi connectivity index (χ0) is 32.1. The Morgan fingerprint density at radius 2 is 1.78 bits per heavy atom. The Bertz CT molecular complexity index is 1690. The highest BCUT2D eigenvalue weighted by Crippen LogP contribution is 2.40. The van der Waals surface area contributed by atoms with E-state index in [1.54, 1.807) is 35.8 Å². The molecule has 3 amide bonds. The Morgan fingerprint density at radius 3 is 2.47 bits per heavy atom. The van der Waals surface area contributed by atoms with Crippen molar-refractivity contribution in [1.29, 1.82) is 0 Å². The molecule has 2 aromatic heterocycles. The van der Waals surface area contributed by atoms with Crippen LogP contribution in [0, 0.1) is 0 Å². The van der Waals surface area contributed by atoms with E-state index < -0.39 is 17.7 Å². The highest BCUT2D eigenvalue weighted by Gasteiger charge is 2.45. The van der Waals surface area contributed by atoms with Crippen molar-refractivity contribution < 1.29 is 38.4 Å². The first-order valence-corrected chi connectivity index (χ1v) is 14.9. The zero-order valence-corrected chi connectivity index (χ0v) is 25.5.